The topological polar surface area (TPSA) is 0 Å². The lowest BCUT2D eigenvalue weighted by atomic mass is 9.94. The number of aryl methyl sites for hydroxylation is 2. The van der Waals surface area contributed by atoms with Gasteiger partial charge in [0.1, 0.15) is 0 Å². The van der Waals surface area contributed by atoms with Crippen LogP contribution in [-0.4, -0.2) is 5.88 Å². The maximum Gasteiger partial charge on any atom is 0.0223 e. The van der Waals surface area contributed by atoms with Crippen molar-refractivity contribution < 1.29 is 0 Å². The van der Waals surface area contributed by atoms with Crippen LogP contribution in [0, 0.1) is 0 Å². The van der Waals surface area contributed by atoms with Crippen molar-refractivity contribution in [3.8, 4) is 22.3 Å². The van der Waals surface area contributed by atoms with Gasteiger partial charge in [0.25, 0.3) is 0 Å². The summed E-state index contributed by atoms with van der Waals surface area (Å²) < 4.78 is 0. The molecule has 29 heavy (non-hydrogen) atoms. The van der Waals surface area contributed by atoms with Gasteiger partial charge in [-0.25, -0.2) is 0 Å². The molecule has 0 N–H and O–H groups in total. The van der Waals surface area contributed by atoms with Gasteiger partial charge >= 0.3 is 0 Å². The van der Waals surface area contributed by atoms with Crippen LogP contribution >= 0.6 is 11.6 Å². The van der Waals surface area contributed by atoms with E-state index in [9.17, 15) is 0 Å². The van der Waals surface area contributed by atoms with E-state index in [1.165, 1.54) is 71.9 Å². The number of benzene rings is 3. The van der Waals surface area contributed by atoms with Crippen molar-refractivity contribution >= 4 is 11.6 Å². The lowest BCUT2D eigenvalue weighted by Crippen LogP contribution is -1.91. The molecule has 3 aromatic carbocycles. The number of unbranched alkanes of at least 4 members (excludes halogenated alkanes) is 4. The van der Waals surface area contributed by atoms with Crippen molar-refractivity contribution in [2.75, 3.05) is 5.88 Å². The molecule has 0 spiro atoms. The van der Waals surface area contributed by atoms with Gasteiger partial charge in [0.15, 0.2) is 0 Å². The molecule has 3 aromatic rings. The highest BCUT2D eigenvalue weighted by molar-refractivity contribution is 6.17. The predicted molar refractivity (Wildman–Crippen MR) is 129 cm³/mol. The van der Waals surface area contributed by atoms with E-state index in [1.807, 2.05) is 0 Å². The first-order valence-corrected chi connectivity index (χ1v) is 11.7. The van der Waals surface area contributed by atoms with E-state index in [4.69, 9.17) is 11.6 Å². The highest BCUT2D eigenvalue weighted by Crippen LogP contribution is 2.28. The van der Waals surface area contributed by atoms with Gasteiger partial charge in [-0.15, -0.1) is 11.6 Å². The number of hydrogen-bond acceptors (Lipinski definition) is 0. The number of alkyl halides is 1. The van der Waals surface area contributed by atoms with Crippen molar-refractivity contribution in [2.24, 2.45) is 0 Å². The minimum atomic E-state index is 0.767. The summed E-state index contributed by atoms with van der Waals surface area (Å²) in [7, 11) is 0. The highest BCUT2D eigenvalue weighted by atomic mass is 35.5. The molecule has 152 valence electrons. The Bertz CT molecular complexity index is 846. The molecule has 0 aliphatic rings. The minimum absolute atomic E-state index is 0.767. The lowest BCUT2D eigenvalue weighted by molar-refractivity contribution is 0.717. The average molecular weight is 405 g/mol. The molecular weight excluding hydrogens is 372 g/mol. The Hall–Kier alpha value is -2.05. The third kappa shape index (κ3) is 6.47. The third-order valence-electron chi connectivity index (χ3n) is 5.65. The van der Waals surface area contributed by atoms with E-state index in [-0.39, 0.29) is 0 Å². The molecule has 0 unspecified atom stereocenters. The molecule has 0 aliphatic carbocycles. The summed E-state index contributed by atoms with van der Waals surface area (Å²) in [5.41, 5.74) is 8.13. The normalized spacial score (nSPS) is 11.0. The zero-order chi connectivity index (χ0) is 20.3. The fourth-order valence-corrected chi connectivity index (χ4v) is 4.08. The first-order valence-electron chi connectivity index (χ1n) is 11.2. The van der Waals surface area contributed by atoms with Crippen LogP contribution < -0.4 is 0 Å². The van der Waals surface area contributed by atoms with E-state index in [1.54, 1.807) is 0 Å². The number of rotatable bonds is 11. The van der Waals surface area contributed by atoms with Crippen LogP contribution in [0.4, 0.5) is 0 Å². The molecule has 0 aromatic heterocycles. The molecule has 0 radical (unpaired) electrons. The summed E-state index contributed by atoms with van der Waals surface area (Å²) >= 11 is 5.81. The van der Waals surface area contributed by atoms with Crippen LogP contribution in [0.3, 0.4) is 0 Å². The van der Waals surface area contributed by atoms with E-state index in [0.717, 1.165) is 18.7 Å². The fourth-order valence-electron chi connectivity index (χ4n) is 3.89. The third-order valence-corrected chi connectivity index (χ3v) is 5.92. The molecule has 0 nitrogen and oxygen atoms in total. The second-order valence-corrected chi connectivity index (χ2v) is 8.27. The summed E-state index contributed by atoms with van der Waals surface area (Å²) in [4.78, 5) is 0. The van der Waals surface area contributed by atoms with Crippen molar-refractivity contribution in [1.29, 1.82) is 0 Å². The van der Waals surface area contributed by atoms with Crippen LogP contribution in [0.2, 0.25) is 0 Å². The Labute approximate surface area is 181 Å². The highest BCUT2D eigenvalue weighted by Gasteiger charge is 2.06. The Kier molecular flexibility index (Phi) is 8.83. The van der Waals surface area contributed by atoms with Crippen LogP contribution in [-0.2, 0) is 12.8 Å². The maximum atomic E-state index is 5.81. The van der Waals surface area contributed by atoms with E-state index in [2.05, 4.69) is 79.7 Å². The molecule has 0 atom stereocenters. The smallest absolute Gasteiger partial charge is 0.0223 e. The van der Waals surface area contributed by atoms with Gasteiger partial charge < -0.3 is 0 Å². The standard InChI is InChI=1S/C28H33Cl/c1-2-3-5-10-23-14-16-24(17-15-23)25-18-20-27(21-19-25)28-13-8-7-12-26(28)11-6-4-9-22-29/h7-8,12-21H,2-6,9-11,22H2,1H3. The van der Waals surface area contributed by atoms with Gasteiger partial charge in [-0.1, -0.05) is 99.0 Å². The molecule has 0 bridgehead atoms. The van der Waals surface area contributed by atoms with Gasteiger partial charge in [0.05, 0.1) is 0 Å². The van der Waals surface area contributed by atoms with Crippen molar-refractivity contribution in [3.05, 3.63) is 83.9 Å². The van der Waals surface area contributed by atoms with Crippen LogP contribution in [0.15, 0.2) is 72.8 Å². The molecule has 3 rings (SSSR count). The largest absolute Gasteiger partial charge is 0.127 e. The first-order chi connectivity index (χ1) is 14.3. The Morgan fingerprint density at radius 3 is 1.90 bits per heavy atom. The molecule has 0 fully saturated rings. The summed E-state index contributed by atoms with van der Waals surface area (Å²) in [5.74, 6) is 0.767. The Morgan fingerprint density at radius 2 is 1.21 bits per heavy atom. The molecule has 0 saturated heterocycles. The molecular formula is C28H33Cl. The zero-order valence-electron chi connectivity index (χ0n) is 17.7. The monoisotopic (exact) mass is 404 g/mol. The van der Waals surface area contributed by atoms with Crippen LogP contribution in [0.1, 0.15) is 56.6 Å². The SMILES string of the molecule is CCCCCc1ccc(-c2ccc(-c3ccccc3CCCCCCl)cc2)cc1. The average Bonchev–Trinajstić information content (AvgIpc) is 2.78. The van der Waals surface area contributed by atoms with Crippen molar-refractivity contribution in [1.82, 2.24) is 0 Å². The van der Waals surface area contributed by atoms with Gasteiger partial charge in [-0.2, -0.15) is 0 Å². The summed E-state index contributed by atoms with van der Waals surface area (Å²) in [6.07, 6.45) is 9.70. The molecule has 0 saturated carbocycles. The van der Waals surface area contributed by atoms with Gasteiger partial charge in [-0.3, -0.25) is 0 Å². The van der Waals surface area contributed by atoms with E-state index >= 15 is 0 Å². The summed E-state index contributed by atoms with van der Waals surface area (Å²) in [6, 6.07) is 27.0. The second kappa shape index (κ2) is 11.8. The van der Waals surface area contributed by atoms with Crippen molar-refractivity contribution in [2.45, 2.75) is 58.3 Å². The Balaban J connectivity index is 1.69. The van der Waals surface area contributed by atoms with Crippen molar-refractivity contribution in [3.63, 3.8) is 0 Å². The number of halogens is 1. The Morgan fingerprint density at radius 1 is 0.586 bits per heavy atom. The quantitative estimate of drug-likeness (QED) is 0.221. The lowest BCUT2D eigenvalue weighted by Gasteiger charge is -2.11. The van der Waals surface area contributed by atoms with E-state index < -0.39 is 0 Å². The van der Waals surface area contributed by atoms with E-state index in [0.29, 0.717) is 0 Å². The molecule has 0 aliphatic heterocycles. The van der Waals surface area contributed by atoms with Gasteiger partial charge in [-0.05, 0) is 65.5 Å². The zero-order valence-corrected chi connectivity index (χ0v) is 18.4. The fraction of sp³-hybridized carbons (Fsp3) is 0.357. The van der Waals surface area contributed by atoms with Gasteiger partial charge in [0.2, 0.25) is 0 Å². The minimum Gasteiger partial charge on any atom is -0.127 e. The molecule has 1 heteroatoms. The summed E-state index contributed by atoms with van der Waals surface area (Å²) in [6.45, 7) is 2.26. The molecule has 0 amide bonds. The summed E-state index contributed by atoms with van der Waals surface area (Å²) in [5, 5.41) is 0. The predicted octanol–water partition coefficient (Wildman–Crippen LogP) is 8.70. The number of hydrogen-bond donors (Lipinski definition) is 0. The molecule has 0 heterocycles. The van der Waals surface area contributed by atoms with Gasteiger partial charge in [0, 0.05) is 5.88 Å². The second-order valence-electron chi connectivity index (χ2n) is 7.89. The van der Waals surface area contributed by atoms with Crippen LogP contribution in [0.5, 0.6) is 0 Å². The first kappa shape index (κ1) is 21.7. The maximum absolute atomic E-state index is 5.81. The van der Waals surface area contributed by atoms with Crippen LogP contribution in [0.25, 0.3) is 22.3 Å².